The Morgan fingerprint density at radius 1 is 1.33 bits per heavy atom. The number of alkyl halides is 1. The van der Waals surface area contributed by atoms with E-state index in [0.29, 0.717) is 11.4 Å². The Bertz CT molecular complexity index is 619. The van der Waals surface area contributed by atoms with Gasteiger partial charge in [-0.05, 0) is 32.4 Å². The van der Waals surface area contributed by atoms with Gasteiger partial charge in [-0.15, -0.1) is 22.9 Å². The van der Waals surface area contributed by atoms with Crippen LogP contribution in [0.3, 0.4) is 0 Å². The number of amides is 1. The molecule has 0 aliphatic carbocycles. The SMILES string of the molecule is CCC(C)(C)NC(=O)c1ccc(-c2nc(CCl)cs2)cc1. The van der Waals surface area contributed by atoms with Gasteiger partial charge in [-0.3, -0.25) is 4.79 Å². The van der Waals surface area contributed by atoms with E-state index in [1.807, 2.05) is 43.5 Å². The quantitative estimate of drug-likeness (QED) is 0.825. The molecule has 1 amide bonds. The molecule has 112 valence electrons. The lowest BCUT2D eigenvalue weighted by Crippen LogP contribution is -2.42. The van der Waals surface area contributed by atoms with E-state index in [9.17, 15) is 4.79 Å². The fourth-order valence-electron chi connectivity index (χ4n) is 1.73. The molecule has 1 N–H and O–H groups in total. The normalized spacial score (nSPS) is 11.4. The molecule has 0 aliphatic heterocycles. The number of thiazole rings is 1. The van der Waals surface area contributed by atoms with Crippen molar-refractivity contribution in [2.45, 2.75) is 38.6 Å². The number of hydrogen-bond donors (Lipinski definition) is 1. The Morgan fingerprint density at radius 2 is 2.00 bits per heavy atom. The zero-order valence-electron chi connectivity index (χ0n) is 12.4. The third-order valence-electron chi connectivity index (χ3n) is 3.42. The van der Waals surface area contributed by atoms with Crippen molar-refractivity contribution in [2.75, 3.05) is 0 Å². The first-order valence-corrected chi connectivity index (χ1v) is 8.30. The first kappa shape index (κ1) is 16.0. The molecule has 3 nitrogen and oxygen atoms in total. The molecule has 1 heterocycles. The van der Waals surface area contributed by atoms with Crippen LogP contribution in [0.4, 0.5) is 0 Å². The number of nitrogens with zero attached hydrogens (tertiary/aromatic N) is 1. The van der Waals surface area contributed by atoms with Crippen molar-refractivity contribution < 1.29 is 4.79 Å². The number of halogens is 1. The summed E-state index contributed by atoms with van der Waals surface area (Å²) in [5, 5.41) is 5.90. The van der Waals surface area contributed by atoms with Crippen molar-refractivity contribution in [2.24, 2.45) is 0 Å². The Hall–Kier alpha value is -1.39. The Kier molecular flexibility index (Phi) is 5.01. The highest BCUT2D eigenvalue weighted by Crippen LogP contribution is 2.24. The van der Waals surface area contributed by atoms with Gasteiger partial charge in [-0.25, -0.2) is 4.98 Å². The molecule has 0 saturated carbocycles. The van der Waals surface area contributed by atoms with Crippen LogP contribution in [0, 0.1) is 0 Å². The van der Waals surface area contributed by atoms with Gasteiger partial charge in [0.05, 0.1) is 11.6 Å². The second-order valence-electron chi connectivity index (χ2n) is 5.55. The maximum Gasteiger partial charge on any atom is 0.251 e. The molecule has 1 aromatic carbocycles. The molecular formula is C16H19ClN2OS. The molecule has 0 fully saturated rings. The smallest absolute Gasteiger partial charge is 0.251 e. The van der Waals surface area contributed by atoms with E-state index < -0.39 is 0 Å². The monoisotopic (exact) mass is 322 g/mol. The minimum atomic E-state index is -0.194. The fourth-order valence-corrected chi connectivity index (χ4v) is 2.79. The first-order chi connectivity index (χ1) is 9.95. The standard InChI is InChI=1S/C16H19ClN2OS/c1-4-16(2,3)19-14(20)11-5-7-12(8-6-11)15-18-13(9-17)10-21-15/h5-8,10H,4,9H2,1-3H3,(H,19,20). The van der Waals surface area contributed by atoms with Crippen molar-refractivity contribution in [3.8, 4) is 10.6 Å². The number of benzene rings is 1. The summed E-state index contributed by atoms with van der Waals surface area (Å²) in [5.41, 5.74) is 2.35. The Balaban J connectivity index is 2.13. The van der Waals surface area contributed by atoms with E-state index >= 15 is 0 Å². The summed E-state index contributed by atoms with van der Waals surface area (Å²) in [6, 6.07) is 7.51. The topological polar surface area (TPSA) is 42.0 Å². The van der Waals surface area contributed by atoms with Crippen LogP contribution in [-0.2, 0) is 5.88 Å². The van der Waals surface area contributed by atoms with Gasteiger partial charge in [-0.1, -0.05) is 19.1 Å². The van der Waals surface area contributed by atoms with Gasteiger partial charge in [-0.2, -0.15) is 0 Å². The summed E-state index contributed by atoms with van der Waals surface area (Å²) in [6.07, 6.45) is 0.886. The number of carbonyl (C=O) groups is 1. The van der Waals surface area contributed by atoms with Crippen molar-refractivity contribution in [1.29, 1.82) is 0 Å². The van der Waals surface area contributed by atoms with E-state index in [4.69, 9.17) is 11.6 Å². The average Bonchev–Trinajstić information content (AvgIpc) is 2.96. The van der Waals surface area contributed by atoms with Crippen LogP contribution in [-0.4, -0.2) is 16.4 Å². The van der Waals surface area contributed by atoms with Gasteiger partial charge >= 0.3 is 0 Å². The van der Waals surface area contributed by atoms with Crippen LogP contribution >= 0.6 is 22.9 Å². The first-order valence-electron chi connectivity index (χ1n) is 6.88. The lowest BCUT2D eigenvalue weighted by Gasteiger charge is -2.24. The van der Waals surface area contributed by atoms with Crippen molar-refractivity contribution >= 4 is 28.8 Å². The highest BCUT2D eigenvalue weighted by molar-refractivity contribution is 7.13. The van der Waals surface area contributed by atoms with Gasteiger partial charge < -0.3 is 5.32 Å². The average molecular weight is 323 g/mol. The molecule has 5 heteroatoms. The van der Waals surface area contributed by atoms with Crippen LogP contribution in [0.5, 0.6) is 0 Å². The van der Waals surface area contributed by atoms with Crippen LogP contribution < -0.4 is 5.32 Å². The lowest BCUT2D eigenvalue weighted by molar-refractivity contribution is 0.0911. The van der Waals surface area contributed by atoms with E-state index in [-0.39, 0.29) is 11.4 Å². The number of rotatable bonds is 5. The summed E-state index contributed by atoms with van der Waals surface area (Å²) >= 11 is 7.32. The highest BCUT2D eigenvalue weighted by Gasteiger charge is 2.18. The number of carbonyl (C=O) groups excluding carboxylic acids is 1. The zero-order valence-corrected chi connectivity index (χ0v) is 14.0. The third kappa shape index (κ3) is 4.05. The molecule has 2 aromatic rings. The summed E-state index contributed by atoms with van der Waals surface area (Å²) in [5.74, 6) is 0.372. The van der Waals surface area contributed by atoms with Crippen LogP contribution in [0.25, 0.3) is 10.6 Å². The number of hydrogen-bond acceptors (Lipinski definition) is 3. The van der Waals surface area contributed by atoms with E-state index in [1.165, 1.54) is 0 Å². The molecular weight excluding hydrogens is 304 g/mol. The predicted molar refractivity (Wildman–Crippen MR) is 88.9 cm³/mol. The molecule has 0 unspecified atom stereocenters. The Morgan fingerprint density at radius 3 is 2.52 bits per heavy atom. The zero-order chi connectivity index (χ0) is 15.5. The fraction of sp³-hybridized carbons (Fsp3) is 0.375. The Labute approximate surface area is 134 Å². The molecule has 0 saturated heterocycles. The lowest BCUT2D eigenvalue weighted by atomic mass is 10.0. The molecule has 0 spiro atoms. The molecule has 0 bridgehead atoms. The van der Waals surface area contributed by atoms with Crippen LogP contribution in [0.15, 0.2) is 29.6 Å². The van der Waals surface area contributed by atoms with E-state index in [2.05, 4.69) is 17.2 Å². The van der Waals surface area contributed by atoms with Crippen LogP contribution in [0.1, 0.15) is 43.2 Å². The molecule has 2 rings (SSSR count). The van der Waals surface area contributed by atoms with Gasteiger partial charge in [0.2, 0.25) is 0 Å². The molecule has 21 heavy (non-hydrogen) atoms. The highest BCUT2D eigenvalue weighted by atomic mass is 35.5. The van der Waals surface area contributed by atoms with E-state index in [0.717, 1.165) is 22.7 Å². The van der Waals surface area contributed by atoms with E-state index in [1.54, 1.807) is 11.3 Å². The van der Waals surface area contributed by atoms with Crippen molar-refractivity contribution in [1.82, 2.24) is 10.3 Å². The molecule has 0 radical (unpaired) electrons. The molecule has 0 atom stereocenters. The number of nitrogens with one attached hydrogen (secondary N) is 1. The van der Waals surface area contributed by atoms with Crippen molar-refractivity contribution in [3.63, 3.8) is 0 Å². The summed E-state index contributed by atoms with van der Waals surface area (Å²) in [7, 11) is 0. The second kappa shape index (κ2) is 6.58. The van der Waals surface area contributed by atoms with Crippen molar-refractivity contribution in [3.05, 3.63) is 40.9 Å². The van der Waals surface area contributed by atoms with Gasteiger partial charge in [0.15, 0.2) is 0 Å². The molecule has 1 aromatic heterocycles. The minimum Gasteiger partial charge on any atom is -0.347 e. The summed E-state index contributed by atoms with van der Waals surface area (Å²) in [6.45, 7) is 6.09. The maximum atomic E-state index is 12.2. The van der Waals surface area contributed by atoms with Gasteiger partial charge in [0, 0.05) is 22.0 Å². The van der Waals surface area contributed by atoms with Gasteiger partial charge in [0.25, 0.3) is 5.91 Å². The summed E-state index contributed by atoms with van der Waals surface area (Å²) in [4.78, 5) is 16.6. The van der Waals surface area contributed by atoms with Gasteiger partial charge in [0.1, 0.15) is 5.01 Å². The minimum absolute atomic E-state index is 0.0472. The van der Waals surface area contributed by atoms with Crippen LogP contribution in [0.2, 0.25) is 0 Å². The largest absolute Gasteiger partial charge is 0.347 e. The second-order valence-corrected chi connectivity index (χ2v) is 6.67. The molecule has 0 aliphatic rings. The maximum absolute atomic E-state index is 12.2. The predicted octanol–water partition coefficient (Wildman–Crippen LogP) is 4.47. The third-order valence-corrected chi connectivity index (χ3v) is 4.63. The number of aromatic nitrogens is 1. The summed E-state index contributed by atoms with van der Waals surface area (Å²) < 4.78 is 0.